The summed E-state index contributed by atoms with van der Waals surface area (Å²) in [6, 6.07) is 6.35. The number of phenols is 1. The molecule has 0 radical (unpaired) electrons. The monoisotopic (exact) mass is 264 g/mol. The molecule has 0 spiro atoms. The molecule has 0 aliphatic carbocycles. The highest BCUT2D eigenvalue weighted by molar-refractivity contribution is 5.82. The van der Waals surface area contributed by atoms with Crippen molar-refractivity contribution in [3.8, 4) is 5.75 Å². The smallest absolute Gasteiger partial charge is 0.237 e. The normalized spacial score (nSPS) is 17.9. The number of rotatable bonds is 4. The van der Waals surface area contributed by atoms with E-state index in [1.165, 1.54) is 0 Å². The number of benzene rings is 1. The number of amides is 1. The zero-order valence-corrected chi connectivity index (χ0v) is 10.8. The lowest BCUT2D eigenvalue weighted by molar-refractivity contribution is -0.123. The van der Waals surface area contributed by atoms with E-state index < -0.39 is 6.04 Å². The first-order valence-electron chi connectivity index (χ1n) is 6.57. The molecule has 1 saturated heterocycles. The zero-order chi connectivity index (χ0) is 13.7. The van der Waals surface area contributed by atoms with Crippen molar-refractivity contribution in [2.24, 2.45) is 5.73 Å². The molecule has 1 aromatic carbocycles. The van der Waals surface area contributed by atoms with Crippen molar-refractivity contribution in [2.75, 3.05) is 13.2 Å². The molecule has 1 aliphatic heterocycles. The Labute approximate surface area is 112 Å². The maximum Gasteiger partial charge on any atom is 0.237 e. The fraction of sp³-hybridized carbons (Fsp3) is 0.500. The Kier molecular flexibility index (Phi) is 4.76. The van der Waals surface area contributed by atoms with Gasteiger partial charge in [0, 0.05) is 19.3 Å². The second-order valence-corrected chi connectivity index (χ2v) is 4.87. The van der Waals surface area contributed by atoms with Crippen molar-refractivity contribution in [1.82, 2.24) is 5.32 Å². The van der Waals surface area contributed by atoms with Crippen LogP contribution < -0.4 is 11.1 Å². The van der Waals surface area contributed by atoms with Gasteiger partial charge in [0.25, 0.3) is 0 Å². The molecule has 5 heteroatoms. The van der Waals surface area contributed by atoms with Gasteiger partial charge in [-0.1, -0.05) is 12.1 Å². The van der Waals surface area contributed by atoms with Gasteiger partial charge in [0.15, 0.2) is 0 Å². The van der Waals surface area contributed by atoms with Gasteiger partial charge in [0.2, 0.25) is 5.91 Å². The number of hydrogen-bond acceptors (Lipinski definition) is 4. The molecule has 1 amide bonds. The molecule has 4 N–H and O–H groups in total. The third-order valence-electron chi connectivity index (χ3n) is 3.30. The molecule has 1 atom stereocenters. The van der Waals surface area contributed by atoms with Crippen molar-refractivity contribution in [2.45, 2.75) is 31.3 Å². The third-order valence-corrected chi connectivity index (χ3v) is 3.30. The van der Waals surface area contributed by atoms with Crippen LogP contribution in [0.1, 0.15) is 18.4 Å². The molecule has 0 aromatic heterocycles. The van der Waals surface area contributed by atoms with Crippen molar-refractivity contribution < 1.29 is 14.6 Å². The fourth-order valence-electron chi connectivity index (χ4n) is 2.13. The first kappa shape index (κ1) is 13.8. The van der Waals surface area contributed by atoms with Gasteiger partial charge in [0.05, 0.1) is 6.04 Å². The minimum absolute atomic E-state index is 0.125. The van der Waals surface area contributed by atoms with Gasteiger partial charge in [-0.2, -0.15) is 0 Å². The van der Waals surface area contributed by atoms with Crippen LogP contribution in [0.2, 0.25) is 0 Å². The van der Waals surface area contributed by atoms with Crippen LogP contribution in [0.15, 0.2) is 24.3 Å². The van der Waals surface area contributed by atoms with Gasteiger partial charge >= 0.3 is 0 Å². The fourth-order valence-corrected chi connectivity index (χ4v) is 2.13. The highest BCUT2D eigenvalue weighted by Gasteiger charge is 2.20. The van der Waals surface area contributed by atoms with E-state index in [1.807, 2.05) is 0 Å². The van der Waals surface area contributed by atoms with Crippen LogP contribution in [0, 0.1) is 0 Å². The summed E-state index contributed by atoms with van der Waals surface area (Å²) in [6.45, 7) is 1.39. The lowest BCUT2D eigenvalue weighted by atomic mass is 10.0. The van der Waals surface area contributed by atoms with Crippen LogP contribution in [0.25, 0.3) is 0 Å². The number of phenolic OH excluding ortho intramolecular Hbond substituents is 1. The lowest BCUT2D eigenvalue weighted by Gasteiger charge is -2.24. The number of nitrogens with one attached hydrogen (secondary N) is 1. The molecular formula is C14H20N2O3. The molecule has 19 heavy (non-hydrogen) atoms. The van der Waals surface area contributed by atoms with Crippen LogP contribution in [0.3, 0.4) is 0 Å². The van der Waals surface area contributed by atoms with Gasteiger partial charge < -0.3 is 20.9 Å². The van der Waals surface area contributed by atoms with Crippen molar-refractivity contribution in [3.05, 3.63) is 29.8 Å². The first-order valence-corrected chi connectivity index (χ1v) is 6.57. The van der Waals surface area contributed by atoms with Gasteiger partial charge in [-0.25, -0.2) is 0 Å². The van der Waals surface area contributed by atoms with E-state index in [0.717, 1.165) is 18.4 Å². The molecule has 1 aliphatic rings. The summed E-state index contributed by atoms with van der Waals surface area (Å²) >= 11 is 0. The molecule has 1 heterocycles. The maximum absolute atomic E-state index is 12.0. The number of hydrogen-bond donors (Lipinski definition) is 3. The van der Waals surface area contributed by atoms with E-state index in [4.69, 9.17) is 10.5 Å². The molecule has 104 valence electrons. The Bertz CT molecular complexity index is 413. The molecule has 2 rings (SSSR count). The minimum Gasteiger partial charge on any atom is -0.508 e. The Morgan fingerprint density at radius 3 is 2.63 bits per heavy atom. The topological polar surface area (TPSA) is 84.6 Å². The maximum atomic E-state index is 12.0. The predicted octanol–water partition coefficient (Wildman–Crippen LogP) is 0.557. The first-order chi connectivity index (χ1) is 9.15. The zero-order valence-electron chi connectivity index (χ0n) is 10.8. The number of ether oxygens (including phenoxy) is 1. The summed E-state index contributed by atoms with van der Waals surface area (Å²) in [7, 11) is 0. The molecule has 5 nitrogen and oxygen atoms in total. The van der Waals surface area contributed by atoms with Gasteiger partial charge in [-0.15, -0.1) is 0 Å². The summed E-state index contributed by atoms with van der Waals surface area (Å²) < 4.78 is 5.24. The molecule has 0 bridgehead atoms. The van der Waals surface area contributed by atoms with Crippen molar-refractivity contribution in [1.29, 1.82) is 0 Å². The van der Waals surface area contributed by atoms with Crippen LogP contribution in [-0.4, -0.2) is 36.3 Å². The number of aromatic hydroxyl groups is 1. The van der Waals surface area contributed by atoms with Crippen molar-refractivity contribution in [3.63, 3.8) is 0 Å². The molecule has 1 fully saturated rings. The Morgan fingerprint density at radius 2 is 2.00 bits per heavy atom. The van der Waals surface area contributed by atoms with E-state index in [9.17, 15) is 9.90 Å². The quantitative estimate of drug-likeness (QED) is 0.741. The van der Waals surface area contributed by atoms with E-state index in [2.05, 4.69) is 5.32 Å². The van der Waals surface area contributed by atoms with Gasteiger partial charge in [-0.3, -0.25) is 4.79 Å². The highest BCUT2D eigenvalue weighted by atomic mass is 16.5. The molecule has 1 aromatic rings. The number of carbonyl (C=O) groups excluding carboxylic acids is 1. The number of carbonyl (C=O) groups is 1. The average molecular weight is 264 g/mol. The predicted molar refractivity (Wildman–Crippen MR) is 71.8 cm³/mol. The molecular weight excluding hydrogens is 244 g/mol. The van der Waals surface area contributed by atoms with Crippen LogP contribution in [-0.2, 0) is 16.0 Å². The lowest BCUT2D eigenvalue weighted by Crippen LogP contribution is -2.48. The van der Waals surface area contributed by atoms with E-state index in [0.29, 0.717) is 19.6 Å². The standard InChI is InChI=1S/C14H20N2O3/c15-13(9-10-1-3-12(17)4-2-10)14(18)16-11-5-7-19-8-6-11/h1-4,11,13,17H,5-9,15H2,(H,16,18). The minimum atomic E-state index is -0.563. The summed E-state index contributed by atoms with van der Waals surface area (Å²) in [5.74, 6) is 0.0870. The third kappa shape index (κ3) is 4.22. The van der Waals surface area contributed by atoms with E-state index >= 15 is 0 Å². The van der Waals surface area contributed by atoms with E-state index in [-0.39, 0.29) is 17.7 Å². The van der Waals surface area contributed by atoms with Crippen LogP contribution >= 0.6 is 0 Å². The largest absolute Gasteiger partial charge is 0.508 e. The highest BCUT2D eigenvalue weighted by Crippen LogP contribution is 2.11. The molecule has 0 saturated carbocycles. The summed E-state index contributed by atoms with van der Waals surface area (Å²) in [4.78, 5) is 12.0. The Hall–Kier alpha value is -1.59. The molecule has 1 unspecified atom stereocenters. The van der Waals surface area contributed by atoms with Gasteiger partial charge in [-0.05, 0) is 37.0 Å². The number of nitrogens with two attached hydrogens (primary N) is 1. The van der Waals surface area contributed by atoms with Gasteiger partial charge in [0.1, 0.15) is 5.75 Å². The van der Waals surface area contributed by atoms with E-state index in [1.54, 1.807) is 24.3 Å². The van der Waals surface area contributed by atoms with Crippen molar-refractivity contribution >= 4 is 5.91 Å². The summed E-state index contributed by atoms with van der Waals surface area (Å²) in [6.07, 6.45) is 2.16. The second kappa shape index (κ2) is 6.54. The second-order valence-electron chi connectivity index (χ2n) is 4.87. The average Bonchev–Trinajstić information content (AvgIpc) is 2.42. The summed E-state index contributed by atoms with van der Waals surface area (Å²) in [5, 5.41) is 12.2. The summed E-state index contributed by atoms with van der Waals surface area (Å²) in [5.41, 5.74) is 6.84. The Balaban J connectivity index is 1.83. The Morgan fingerprint density at radius 1 is 1.37 bits per heavy atom. The van der Waals surface area contributed by atoms with Crippen LogP contribution in [0.4, 0.5) is 0 Å². The SMILES string of the molecule is NC(Cc1ccc(O)cc1)C(=O)NC1CCOCC1. The van der Waals surface area contributed by atoms with Crippen LogP contribution in [0.5, 0.6) is 5.75 Å².